The van der Waals surface area contributed by atoms with Crippen molar-refractivity contribution >= 4 is 0 Å². The summed E-state index contributed by atoms with van der Waals surface area (Å²) in [6.07, 6.45) is 2.96. The van der Waals surface area contributed by atoms with E-state index in [0.29, 0.717) is 12.4 Å². The highest BCUT2D eigenvalue weighted by Gasteiger charge is 2.07. The smallest absolute Gasteiger partial charge is 0.157 e. The van der Waals surface area contributed by atoms with Crippen molar-refractivity contribution < 1.29 is 14.6 Å². The summed E-state index contributed by atoms with van der Waals surface area (Å²) in [4.78, 5) is 0. The van der Waals surface area contributed by atoms with Crippen LogP contribution in [0.5, 0.6) is 5.75 Å². The fourth-order valence-corrected chi connectivity index (χ4v) is 1.14. The van der Waals surface area contributed by atoms with E-state index < -0.39 is 6.10 Å². The van der Waals surface area contributed by atoms with E-state index in [2.05, 4.69) is 5.10 Å². The molecule has 0 bridgehead atoms. The Hall–Kier alpha value is -1.07. The molecule has 0 saturated carbocycles. The van der Waals surface area contributed by atoms with Crippen molar-refractivity contribution in [1.82, 2.24) is 9.78 Å². The third kappa shape index (κ3) is 4.63. The molecule has 1 heterocycles. The largest absolute Gasteiger partial charge is 0.488 e. The van der Waals surface area contributed by atoms with Crippen molar-refractivity contribution in [2.45, 2.75) is 39.5 Å². The van der Waals surface area contributed by atoms with Gasteiger partial charge in [-0.2, -0.15) is 5.10 Å². The molecular formula is C11H20N2O3. The quantitative estimate of drug-likeness (QED) is 0.758. The van der Waals surface area contributed by atoms with Crippen LogP contribution in [0.4, 0.5) is 0 Å². The Morgan fingerprint density at radius 1 is 1.44 bits per heavy atom. The summed E-state index contributed by atoms with van der Waals surface area (Å²) < 4.78 is 12.4. The van der Waals surface area contributed by atoms with Crippen molar-refractivity contribution in [2.24, 2.45) is 0 Å². The van der Waals surface area contributed by atoms with Gasteiger partial charge in [-0.3, -0.25) is 4.68 Å². The molecule has 0 aliphatic rings. The van der Waals surface area contributed by atoms with E-state index in [-0.39, 0.29) is 12.7 Å². The molecule has 0 unspecified atom stereocenters. The Morgan fingerprint density at radius 3 is 2.75 bits per heavy atom. The van der Waals surface area contributed by atoms with Crippen molar-refractivity contribution in [3.63, 3.8) is 0 Å². The van der Waals surface area contributed by atoms with Crippen molar-refractivity contribution in [3.05, 3.63) is 12.4 Å². The van der Waals surface area contributed by atoms with Gasteiger partial charge in [-0.15, -0.1) is 0 Å². The molecule has 5 nitrogen and oxygen atoms in total. The van der Waals surface area contributed by atoms with E-state index in [1.54, 1.807) is 17.1 Å². The van der Waals surface area contributed by atoms with Crippen LogP contribution in [0.25, 0.3) is 0 Å². The molecule has 1 aromatic rings. The van der Waals surface area contributed by atoms with Gasteiger partial charge < -0.3 is 14.6 Å². The zero-order valence-electron chi connectivity index (χ0n) is 10.1. The van der Waals surface area contributed by atoms with Crippen LogP contribution in [-0.4, -0.2) is 40.3 Å². The molecule has 1 rings (SSSR count). The summed E-state index contributed by atoms with van der Waals surface area (Å²) >= 11 is 0. The van der Waals surface area contributed by atoms with Crippen molar-refractivity contribution in [3.8, 4) is 5.75 Å². The maximum atomic E-state index is 9.55. The Bertz CT molecular complexity index is 299. The Balaban J connectivity index is 2.23. The van der Waals surface area contributed by atoms with Crippen molar-refractivity contribution in [2.75, 3.05) is 13.2 Å². The van der Waals surface area contributed by atoms with Crippen LogP contribution in [0.3, 0.4) is 0 Å². The summed E-state index contributed by atoms with van der Waals surface area (Å²) in [6, 6.07) is 0. The molecule has 1 N–H and O–H groups in total. The average molecular weight is 228 g/mol. The maximum Gasteiger partial charge on any atom is 0.157 e. The van der Waals surface area contributed by atoms with E-state index in [1.807, 2.05) is 20.8 Å². The lowest BCUT2D eigenvalue weighted by Crippen LogP contribution is -2.25. The minimum absolute atomic E-state index is 0.123. The topological polar surface area (TPSA) is 56.5 Å². The summed E-state index contributed by atoms with van der Waals surface area (Å²) in [6.45, 7) is 7.18. The van der Waals surface area contributed by atoms with Crippen LogP contribution in [0.2, 0.25) is 0 Å². The highest BCUT2D eigenvalue weighted by Crippen LogP contribution is 2.08. The predicted molar refractivity (Wildman–Crippen MR) is 60.5 cm³/mol. The van der Waals surface area contributed by atoms with Crippen LogP contribution in [-0.2, 0) is 11.3 Å². The maximum absolute atomic E-state index is 9.55. The van der Waals surface area contributed by atoms with Crippen LogP contribution in [0.1, 0.15) is 20.8 Å². The van der Waals surface area contributed by atoms with Gasteiger partial charge in [0.15, 0.2) is 5.75 Å². The standard InChI is InChI=1S/C11H20N2O3/c1-4-13-6-11(5-12-13)16-8-10(14)7-15-9(2)3/h5-6,9-10,14H,4,7-8H2,1-3H3/t10-/m0/s1. The number of hydrogen-bond donors (Lipinski definition) is 1. The van der Waals surface area contributed by atoms with Gasteiger partial charge in [-0.05, 0) is 20.8 Å². The van der Waals surface area contributed by atoms with Gasteiger partial charge in [-0.1, -0.05) is 0 Å². The van der Waals surface area contributed by atoms with E-state index >= 15 is 0 Å². The molecule has 0 saturated heterocycles. The lowest BCUT2D eigenvalue weighted by molar-refractivity contribution is -0.0122. The summed E-state index contributed by atoms with van der Waals surface area (Å²) in [7, 11) is 0. The molecule has 0 radical (unpaired) electrons. The first-order valence-electron chi connectivity index (χ1n) is 5.56. The van der Waals surface area contributed by atoms with Crippen molar-refractivity contribution in [1.29, 1.82) is 0 Å². The van der Waals surface area contributed by atoms with E-state index in [1.165, 1.54) is 0 Å². The van der Waals surface area contributed by atoms with Gasteiger partial charge in [-0.25, -0.2) is 0 Å². The van der Waals surface area contributed by atoms with Gasteiger partial charge in [0.2, 0.25) is 0 Å². The molecule has 0 aromatic carbocycles. The number of rotatable bonds is 7. The van der Waals surface area contributed by atoms with Gasteiger partial charge >= 0.3 is 0 Å². The second kappa shape index (κ2) is 6.50. The second-order valence-electron chi connectivity index (χ2n) is 3.88. The molecule has 0 aliphatic carbocycles. The average Bonchev–Trinajstić information content (AvgIpc) is 2.71. The van der Waals surface area contributed by atoms with Gasteiger partial charge in [0.05, 0.1) is 25.1 Å². The molecular weight excluding hydrogens is 208 g/mol. The molecule has 1 atom stereocenters. The molecule has 0 spiro atoms. The highest BCUT2D eigenvalue weighted by molar-refractivity contribution is 5.11. The van der Waals surface area contributed by atoms with Gasteiger partial charge in [0.25, 0.3) is 0 Å². The first kappa shape index (κ1) is 13.0. The zero-order chi connectivity index (χ0) is 12.0. The minimum Gasteiger partial charge on any atom is -0.488 e. The minimum atomic E-state index is -0.604. The number of aliphatic hydroxyl groups is 1. The number of hydrogen-bond acceptors (Lipinski definition) is 4. The number of ether oxygens (including phenoxy) is 2. The predicted octanol–water partition coefficient (Wildman–Crippen LogP) is 1.07. The van der Waals surface area contributed by atoms with Crippen LogP contribution < -0.4 is 4.74 Å². The highest BCUT2D eigenvalue weighted by atomic mass is 16.5. The third-order valence-electron chi connectivity index (χ3n) is 2.00. The Labute approximate surface area is 96.0 Å². The lowest BCUT2D eigenvalue weighted by Gasteiger charge is -2.13. The molecule has 92 valence electrons. The van der Waals surface area contributed by atoms with E-state index in [0.717, 1.165) is 6.54 Å². The number of nitrogens with zero attached hydrogens (tertiary/aromatic N) is 2. The summed E-state index contributed by atoms with van der Waals surface area (Å²) in [5.41, 5.74) is 0. The van der Waals surface area contributed by atoms with Crippen LogP contribution in [0.15, 0.2) is 12.4 Å². The molecule has 0 fully saturated rings. The third-order valence-corrected chi connectivity index (χ3v) is 2.00. The molecule has 0 aliphatic heterocycles. The first-order chi connectivity index (χ1) is 7.61. The number of aryl methyl sites for hydroxylation is 1. The normalized spacial score (nSPS) is 13.1. The molecule has 16 heavy (non-hydrogen) atoms. The van der Waals surface area contributed by atoms with Gasteiger partial charge in [0.1, 0.15) is 12.7 Å². The number of aromatic nitrogens is 2. The SMILES string of the molecule is CCn1cc(OC[C@@H](O)COC(C)C)cn1. The fraction of sp³-hybridized carbons (Fsp3) is 0.727. The lowest BCUT2D eigenvalue weighted by atomic mass is 10.4. The first-order valence-corrected chi connectivity index (χ1v) is 5.56. The van der Waals surface area contributed by atoms with Crippen LogP contribution in [0, 0.1) is 0 Å². The van der Waals surface area contributed by atoms with E-state index in [4.69, 9.17) is 9.47 Å². The zero-order valence-corrected chi connectivity index (χ0v) is 10.1. The summed E-state index contributed by atoms with van der Waals surface area (Å²) in [5.74, 6) is 0.672. The summed E-state index contributed by atoms with van der Waals surface area (Å²) in [5, 5.41) is 13.6. The Kier molecular flexibility index (Phi) is 5.28. The molecule has 5 heteroatoms. The number of aliphatic hydroxyl groups excluding tert-OH is 1. The molecule has 0 amide bonds. The second-order valence-corrected chi connectivity index (χ2v) is 3.88. The van der Waals surface area contributed by atoms with Gasteiger partial charge in [0, 0.05) is 6.54 Å². The van der Waals surface area contributed by atoms with E-state index in [9.17, 15) is 5.11 Å². The Morgan fingerprint density at radius 2 is 2.19 bits per heavy atom. The monoisotopic (exact) mass is 228 g/mol. The van der Waals surface area contributed by atoms with Crippen LogP contribution >= 0.6 is 0 Å². The fourth-order valence-electron chi connectivity index (χ4n) is 1.14. The molecule has 1 aromatic heterocycles.